The highest BCUT2D eigenvalue weighted by molar-refractivity contribution is 6.29. The molecule has 1 aromatic heterocycles. The molecule has 2 heterocycles. The van der Waals surface area contributed by atoms with Crippen molar-refractivity contribution in [2.24, 2.45) is 0 Å². The molecule has 0 radical (unpaired) electrons. The van der Waals surface area contributed by atoms with Gasteiger partial charge in [0.1, 0.15) is 5.15 Å². The Morgan fingerprint density at radius 2 is 2.25 bits per heavy atom. The predicted molar refractivity (Wildman–Crippen MR) is 79.2 cm³/mol. The zero-order chi connectivity index (χ0) is 14.8. The first-order valence-electron chi connectivity index (χ1n) is 7.01. The summed E-state index contributed by atoms with van der Waals surface area (Å²) < 4.78 is 5.64. The standard InChI is InChI=1S/C15H21ClN2O2/c1-4-5-12-8-11(9-13(16)17-12)14(19)18-6-7-20-15(2,3)10-18/h8-9H,4-7,10H2,1-3H3. The highest BCUT2D eigenvalue weighted by atomic mass is 35.5. The Morgan fingerprint density at radius 1 is 1.50 bits per heavy atom. The van der Waals surface area contributed by atoms with E-state index in [0.29, 0.717) is 30.4 Å². The summed E-state index contributed by atoms with van der Waals surface area (Å²) >= 11 is 6.02. The van der Waals surface area contributed by atoms with Gasteiger partial charge in [-0.15, -0.1) is 0 Å². The quantitative estimate of drug-likeness (QED) is 0.806. The number of rotatable bonds is 3. The van der Waals surface area contributed by atoms with Crippen LogP contribution in [0.5, 0.6) is 0 Å². The minimum Gasteiger partial charge on any atom is -0.372 e. The molecule has 0 aromatic carbocycles. The van der Waals surface area contributed by atoms with E-state index < -0.39 is 0 Å². The van der Waals surface area contributed by atoms with Crippen molar-refractivity contribution < 1.29 is 9.53 Å². The van der Waals surface area contributed by atoms with Crippen LogP contribution in [-0.4, -0.2) is 41.1 Å². The van der Waals surface area contributed by atoms with Crippen LogP contribution in [0.15, 0.2) is 12.1 Å². The van der Waals surface area contributed by atoms with E-state index >= 15 is 0 Å². The monoisotopic (exact) mass is 296 g/mol. The Bertz CT molecular complexity index is 503. The Labute approximate surface area is 125 Å². The third-order valence-corrected chi connectivity index (χ3v) is 3.51. The number of halogens is 1. The van der Waals surface area contributed by atoms with Crippen molar-refractivity contribution in [1.82, 2.24) is 9.88 Å². The molecule has 0 atom stereocenters. The van der Waals surface area contributed by atoms with Crippen molar-refractivity contribution in [3.63, 3.8) is 0 Å². The Hall–Kier alpha value is -1.13. The fraction of sp³-hybridized carbons (Fsp3) is 0.600. The molecule has 20 heavy (non-hydrogen) atoms. The first-order valence-corrected chi connectivity index (χ1v) is 7.39. The van der Waals surface area contributed by atoms with Gasteiger partial charge in [-0.1, -0.05) is 24.9 Å². The Kier molecular flexibility index (Phi) is 4.66. The lowest BCUT2D eigenvalue weighted by molar-refractivity contribution is -0.0764. The molecule has 0 aliphatic carbocycles. The van der Waals surface area contributed by atoms with E-state index in [1.54, 1.807) is 6.07 Å². The first kappa shape index (κ1) is 15.3. The molecular weight excluding hydrogens is 276 g/mol. The molecular formula is C15H21ClN2O2. The van der Waals surface area contributed by atoms with E-state index in [4.69, 9.17) is 16.3 Å². The molecule has 110 valence electrons. The van der Waals surface area contributed by atoms with E-state index in [0.717, 1.165) is 18.5 Å². The van der Waals surface area contributed by atoms with Gasteiger partial charge in [-0.2, -0.15) is 0 Å². The van der Waals surface area contributed by atoms with E-state index in [9.17, 15) is 4.79 Å². The van der Waals surface area contributed by atoms with Crippen LogP contribution in [0.2, 0.25) is 5.15 Å². The number of morpholine rings is 1. The largest absolute Gasteiger partial charge is 0.372 e. The average molecular weight is 297 g/mol. The van der Waals surface area contributed by atoms with Crippen molar-refractivity contribution in [3.05, 3.63) is 28.5 Å². The van der Waals surface area contributed by atoms with Crippen LogP contribution >= 0.6 is 11.6 Å². The van der Waals surface area contributed by atoms with Gasteiger partial charge in [-0.3, -0.25) is 4.79 Å². The summed E-state index contributed by atoms with van der Waals surface area (Å²) in [6, 6.07) is 3.49. The first-order chi connectivity index (χ1) is 9.41. The molecule has 1 amide bonds. The summed E-state index contributed by atoms with van der Waals surface area (Å²) in [7, 11) is 0. The molecule has 0 N–H and O–H groups in total. The summed E-state index contributed by atoms with van der Waals surface area (Å²) in [5, 5.41) is 0.381. The number of carbonyl (C=O) groups excluding carboxylic acids is 1. The second kappa shape index (κ2) is 6.10. The number of aromatic nitrogens is 1. The van der Waals surface area contributed by atoms with Crippen molar-refractivity contribution in [1.29, 1.82) is 0 Å². The van der Waals surface area contributed by atoms with Gasteiger partial charge in [0.25, 0.3) is 5.91 Å². The maximum Gasteiger partial charge on any atom is 0.254 e. The normalized spacial score (nSPS) is 18.1. The highest BCUT2D eigenvalue weighted by Gasteiger charge is 2.30. The van der Waals surface area contributed by atoms with E-state index in [1.165, 1.54) is 0 Å². The number of amides is 1. The summed E-state index contributed by atoms with van der Waals surface area (Å²) in [4.78, 5) is 18.7. The molecule has 4 nitrogen and oxygen atoms in total. The maximum atomic E-state index is 12.6. The van der Waals surface area contributed by atoms with Crippen LogP contribution in [-0.2, 0) is 11.2 Å². The molecule has 0 saturated carbocycles. The van der Waals surface area contributed by atoms with Crippen molar-refractivity contribution in [3.8, 4) is 0 Å². The molecule has 5 heteroatoms. The fourth-order valence-corrected chi connectivity index (χ4v) is 2.66. The van der Waals surface area contributed by atoms with E-state index in [2.05, 4.69) is 11.9 Å². The number of carbonyl (C=O) groups is 1. The van der Waals surface area contributed by atoms with Crippen LogP contribution < -0.4 is 0 Å². The van der Waals surface area contributed by atoms with E-state index in [1.807, 2.05) is 24.8 Å². The van der Waals surface area contributed by atoms with Crippen molar-refractivity contribution in [2.75, 3.05) is 19.7 Å². The van der Waals surface area contributed by atoms with Crippen LogP contribution in [0.25, 0.3) is 0 Å². The minimum absolute atomic E-state index is 0.00280. The lowest BCUT2D eigenvalue weighted by atomic mass is 10.1. The molecule has 1 aliphatic rings. The SMILES string of the molecule is CCCc1cc(C(=O)N2CCOC(C)(C)C2)cc(Cl)n1. The summed E-state index contributed by atoms with van der Waals surface area (Å²) in [5.74, 6) is 0.00280. The van der Waals surface area contributed by atoms with Crippen molar-refractivity contribution in [2.45, 2.75) is 39.2 Å². The number of hydrogen-bond acceptors (Lipinski definition) is 3. The zero-order valence-corrected chi connectivity index (χ0v) is 13.0. The predicted octanol–water partition coefficient (Wildman–Crippen LogP) is 2.94. The molecule has 1 fully saturated rings. The maximum absolute atomic E-state index is 12.6. The van der Waals surface area contributed by atoms with Gasteiger partial charge in [0.2, 0.25) is 0 Å². The Morgan fingerprint density at radius 3 is 2.90 bits per heavy atom. The topological polar surface area (TPSA) is 42.4 Å². The summed E-state index contributed by atoms with van der Waals surface area (Å²) in [6.45, 7) is 7.84. The lowest BCUT2D eigenvalue weighted by Crippen LogP contribution is -2.50. The highest BCUT2D eigenvalue weighted by Crippen LogP contribution is 2.20. The van der Waals surface area contributed by atoms with Gasteiger partial charge in [-0.05, 0) is 32.4 Å². The lowest BCUT2D eigenvalue weighted by Gasteiger charge is -2.38. The number of nitrogens with zero attached hydrogens (tertiary/aromatic N) is 2. The molecule has 0 bridgehead atoms. The smallest absolute Gasteiger partial charge is 0.254 e. The molecule has 1 aliphatic heterocycles. The van der Waals surface area contributed by atoms with Gasteiger partial charge in [0.05, 0.1) is 12.2 Å². The van der Waals surface area contributed by atoms with Gasteiger partial charge in [-0.25, -0.2) is 4.98 Å². The molecule has 1 aromatic rings. The molecule has 2 rings (SSSR count). The molecule has 1 saturated heterocycles. The van der Waals surface area contributed by atoms with Crippen LogP contribution in [0, 0.1) is 0 Å². The van der Waals surface area contributed by atoms with Crippen LogP contribution in [0.3, 0.4) is 0 Å². The minimum atomic E-state index is -0.295. The van der Waals surface area contributed by atoms with Gasteiger partial charge >= 0.3 is 0 Å². The number of pyridine rings is 1. The second-order valence-electron chi connectivity index (χ2n) is 5.75. The van der Waals surface area contributed by atoms with Crippen molar-refractivity contribution >= 4 is 17.5 Å². The van der Waals surface area contributed by atoms with Crippen LogP contribution in [0.4, 0.5) is 0 Å². The fourth-order valence-electron chi connectivity index (χ4n) is 2.43. The van der Waals surface area contributed by atoms with Gasteiger partial charge in [0, 0.05) is 24.3 Å². The molecule has 0 spiro atoms. The third kappa shape index (κ3) is 3.70. The number of aryl methyl sites for hydroxylation is 1. The summed E-state index contributed by atoms with van der Waals surface area (Å²) in [5.41, 5.74) is 1.19. The summed E-state index contributed by atoms with van der Waals surface area (Å²) in [6.07, 6.45) is 1.81. The number of hydrogen-bond donors (Lipinski definition) is 0. The zero-order valence-electron chi connectivity index (χ0n) is 12.3. The number of ether oxygens (including phenoxy) is 1. The van der Waals surface area contributed by atoms with E-state index in [-0.39, 0.29) is 11.5 Å². The van der Waals surface area contributed by atoms with Crippen LogP contribution in [0.1, 0.15) is 43.2 Å². The van der Waals surface area contributed by atoms with Gasteiger partial charge in [0.15, 0.2) is 0 Å². The Balaban J connectivity index is 2.20. The molecule has 0 unspecified atom stereocenters. The third-order valence-electron chi connectivity index (χ3n) is 3.31. The van der Waals surface area contributed by atoms with Gasteiger partial charge < -0.3 is 9.64 Å². The second-order valence-corrected chi connectivity index (χ2v) is 6.14. The average Bonchev–Trinajstić information content (AvgIpc) is 2.36.